The van der Waals surface area contributed by atoms with Crippen LogP contribution in [0, 0.1) is 0 Å². The quantitative estimate of drug-likeness (QED) is 0.235. The van der Waals surface area contributed by atoms with Gasteiger partial charge >= 0.3 is 12.2 Å². The summed E-state index contributed by atoms with van der Waals surface area (Å²) in [6.07, 6.45) is 3.95. The molecule has 2 aromatic carbocycles. The Labute approximate surface area is 253 Å². The second-order valence-electron chi connectivity index (χ2n) is 13.0. The summed E-state index contributed by atoms with van der Waals surface area (Å²) in [5.41, 5.74) is 2.83. The number of amides is 2. The third-order valence-electron chi connectivity index (χ3n) is 7.33. The predicted octanol–water partition coefficient (Wildman–Crippen LogP) is 8.37. The molecule has 2 amide bonds. The molecule has 3 heterocycles. The molecule has 1 aliphatic rings. The van der Waals surface area contributed by atoms with Crippen molar-refractivity contribution in [3.05, 3.63) is 90.3 Å². The molecule has 0 unspecified atom stereocenters. The van der Waals surface area contributed by atoms with Crippen LogP contribution in [-0.2, 0) is 16.0 Å². The molecular formula is C35H41N3O5. The van der Waals surface area contributed by atoms with Gasteiger partial charge in [-0.2, -0.15) is 0 Å². The lowest BCUT2D eigenvalue weighted by molar-refractivity contribution is -0.0262. The van der Waals surface area contributed by atoms with Gasteiger partial charge in [0.25, 0.3) is 0 Å². The average molecular weight is 584 g/mol. The van der Waals surface area contributed by atoms with E-state index < -0.39 is 29.4 Å². The number of rotatable bonds is 5. The Bertz CT molecular complexity index is 1550. The van der Waals surface area contributed by atoms with E-state index in [0.29, 0.717) is 25.0 Å². The fraction of sp³-hybridized carbons (Fsp3) is 0.400. The maximum absolute atomic E-state index is 14.1. The SMILES string of the molecule is CC(C)(C)OC(=O)N(Cc1cc(-c2ccccn2)cc2ccoc12)[C@@H]1CCCN(C(=O)OC(C)(C)C)[C@@H]1c1ccccc1. The number of fused-ring (bicyclic) bond motifs is 1. The zero-order chi connectivity index (χ0) is 30.8. The Morgan fingerprint density at radius 3 is 2.35 bits per heavy atom. The van der Waals surface area contributed by atoms with Gasteiger partial charge in [0.05, 0.1) is 30.6 Å². The summed E-state index contributed by atoms with van der Waals surface area (Å²) in [5, 5.41) is 0.918. The Morgan fingerprint density at radius 2 is 1.67 bits per heavy atom. The van der Waals surface area contributed by atoms with Gasteiger partial charge in [0, 0.05) is 29.3 Å². The maximum atomic E-state index is 14.1. The number of carbonyl (C=O) groups excluding carboxylic acids is 2. The van der Waals surface area contributed by atoms with Gasteiger partial charge in [-0.15, -0.1) is 0 Å². The highest BCUT2D eigenvalue weighted by molar-refractivity contribution is 5.86. The third-order valence-corrected chi connectivity index (χ3v) is 7.33. The Kier molecular flexibility index (Phi) is 8.49. The molecule has 8 nitrogen and oxygen atoms in total. The lowest BCUT2D eigenvalue weighted by Crippen LogP contribution is -2.54. The number of carbonyl (C=O) groups is 2. The van der Waals surface area contributed by atoms with E-state index in [0.717, 1.165) is 27.8 Å². The van der Waals surface area contributed by atoms with Gasteiger partial charge in [-0.1, -0.05) is 36.4 Å². The van der Waals surface area contributed by atoms with Gasteiger partial charge in [0.2, 0.25) is 0 Å². The van der Waals surface area contributed by atoms with Crippen LogP contribution in [0.15, 0.2) is 83.6 Å². The summed E-state index contributed by atoms with van der Waals surface area (Å²) in [5.74, 6) is 0. The molecule has 0 spiro atoms. The smallest absolute Gasteiger partial charge is 0.410 e. The number of furan rings is 1. The standard InChI is InChI=1S/C35H41N3O5/c1-34(2,3)42-32(39)37-19-12-16-29(30(37)24-13-8-7-9-14-24)38(33(40)43-35(4,5)6)23-27-22-26(28-15-10-11-18-36-28)21-25-17-20-41-31(25)27/h7-11,13-15,17-18,20-22,29-30H,12,16,19,23H2,1-6H3/t29-,30-/m1/s1. The molecule has 1 aliphatic heterocycles. The van der Waals surface area contributed by atoms with Crippen LogP contribution in [0.3, 0.4) is 0 Å². The van der Waals surface area contributed by atoms with Crippen molar-refractivity contribution in [2.24, 2.45) is 0 Å². The molecule has 0 saturated carbocycles. The highest BCUT2D eigenvalue weighted by Crippen LogP contribution is 2.38. The molecule has 0 aliphatic carbocycles. The number of nitrogens with zero attached hydrogens (tertiary/aromatic N) is 3. The first kappa shape index (κ1) is 30.1. The van der Waals surface area contributed by atoms with E-state index in [1.807, 2.05) is 108 Å². The van der Waals surface area contributed by atoms with E-state index in [4.69, 9.17) is 13.9 Å². The van der Waals surface area contributed by atoms with Crippen molar-refractivity contribution in [2.75, 3.05) is 6.54 Å². The van der Waals surface area contributed by atoms with Crippen molar-refractivity contribution in [3.63, 3.8) is 0 Å². The van der Waals surface area contributed by atoms with Gasteiger partial charge in [-0.05, 0) is 90.3 Å². The van der Waals surface area contributed by atoms with E-state index in [1.54, 1.807) is 22.3 Å². The van der Waals surface area contributed by atoms with Crippen LogP contribution in [0.1, 0.15) is 71.6 Å². The van der Waals surface area contributed by atoms with Crippen LogP contribution >= 0.6 is 0 Å². The Morgan fingerprint density at radius 1 is 0.953 bits per heavy atom. The first-order valence-corrected chi connectivity index (χ1v) is 14.9. The molecule has 4 aromatic rings. The molecule has 0 radical (unpaired) electrons. The first-order valence-electron chi connectivity index (χ1n) is 14.9. The van der Waals surface area contributed by atoms with Gasteiger partial charge in [-0.25, -0.2) is 9.59 Å². The van der Waals surface area contributed by atoms with Crippen LogP contribution in [0.5, 0.6) is 0 Å². The normalized spacial score (nSPS) is 17.5. The Hall–Kier alpha value is -4.33. The fourth-order valence-electron chi connectivity index (χ4n) is 5.66. The number of aromatic nitrogens is 1. The summed E-state index contributed by atoms with van der Waals surface area (Å²) in [6, 6.07) is 20.8. The van der Waals surface area contributed by atoms with Gasteiger partial charge in [0.15, 0.2) is 0 Å². The highest BCUT2D eigenvalue weighted by Gasteiger charge is 2.43. The van der Waals surface area contributed by atoms with Crippen LogP contribution in [0.2, 0.25) is 0 Å². The number of piperidine rings is 1. The van der Waals surface area contributed by atoms with E-state index >= 15 is 0 Å². The molecule has 1 fully saturated rings. The van der Waals surface area contributed by atoms with Crippen molar-refractivity contribution in [3.8, 4) is 11.3 Å². The summed E-state index contributed by atoms with van der Waals surface area (Å²) in [4.78, 5) is 35.8. The minimum absolute atomic E-state index is 0.218. The van der Waals surface area contributed by atoms with Crippen LogP contribution < -0.4 is 0 Å². The van der Waals surface area contributed by atoms with Gasteiger partial charge in [0.1, 0.15) is 16.8 Å². The molecule has 43 heavy (non-hydrogen) atoms. The van der Waals surface area contributed by atoms with Gasteiger partial charge < -0.3 is 13.9 Å². The summed E-state index contributed by atoms with van der Waals surface area (Å²) in [6.45, 7) is 11.9. The maximum Gasteiger partial charge on any atom is 0.410 e. The molecule has 8 heteroatoms. The zero-order valence-corrected chi connectivity index (χ0v) is 25.9. The topological polar surface area (TPSA) is 85.1 Å². The number of hydrogen-bond acceptors (Lipinski definition) is 6. The molecule has 0 bridgehead atoms. The number of pyridine rings is 1. The molecule has 1 saturated heterocycles. The average Bonchev–Trinajstić information content (AvgIpc) is 3.44. The van der Waals surface area contributed by atoms with Crippen molar-refractivity contribution in [1.82, 2.24) is 14.8 Å². The zero-order valence-electron chi connectivity index (χ0n) is 25.9. The molecule has 0 N–H and O–H groups in total. The summed E-state index contributed by atoms with van der Waals surface area (Å²) in [7, 11) is 0. The number of benzene rings is 2. The minimum atomic E-state index is -0.715. The highest BCUT2D eigenvalue weighted by atomic mass is 16.6. The van der Waals surface area contributed by atoms with Crippen molar-refractivity contribution >= 4 is 23.2 Å². The number of ether oxygens (including phenoxy) is 2. The largest absolute Gasteiger partial charge is 0.464 e. The van der Waals surface area contributed by atoms with E-state index in [2.05, 4.69) is 4.98 Å². The fourth-order valence-corrected chi connectivity index (χ4v) is 5.66. The van der Waals surface area contributed by atoms with Crippen molar-refractivity contribution in [2.45, 2.75) is 84.2 Å². The van der Waals surface area contributed by atoms with Gasteiger partial charge in [-0.3, -0.25) is 14.8 Å². The Balaban J connectivity index is 1.61. The predicted molar refractivity (Wildman–Crippen MR) is 166 cm³/mol. The third kappa shape index (κ3) is 7.19. The molecular weight excluding hydrogens is 542 g/mol. The van der Waals surface area contributed by atoms with E-state index in [1.165, 1.54) is 0 Å². The molecule has 2 atom stereocenters. The molecule has 2 aromatic heterocycles. The monoisotopic (exact) mass is 583 g/mol. The molecule has 226 valence electrons. The van der Waals surface area contributed by atoms with Crippen LogP contribution in [0.25, 0.3) is 22.2 Å². The summed E-state index contributed by atoms with van der Waals surface area (Å²) < 4.78 is 17.8. The second-order valence-corrected chi connectivity index (χ2v) is 13.0. The van der Waals surface area contributed by atoms with Crippen LogP contribution in [0.4, 0.5) is 9.59 Å². The second kappa shape index (κ2) is 12.1. The number of likely N-dealkylation sites (tertiary alicyclic amines) is 1. The first-order chi connectivity index (χ1) is 20.4. The lowest BCUT2D eigenvalue weighted by atomic mass is 9.89. The molecule has 5 rings (SSSR count). The van der Waals surface area contributed by atoms with Crippen molar-refractivity contribution < 1.29 is 23.5 Å². The van der Waals surface area contributed by atoms with E-state index in [-0.39, 0.29) is 12.6 Å². The van der Waals surface area contributed by atoms with Crippen molar-refractivity contribution in [1.29, 1.82) is 0 Å². The summed E-state index contributed by atoms with van der Waals surface area (Å²) >= 11 is 0. The van der Waals surface area contributed by atoms with E-state index in [9.17, 15) is 9.59 Å². The lowest BCUT2D eigenvalue weighted by Gasteiger charge is -2.46. The number of hydrogen-bond donors (Lipinski definition) is 0. The van der Waals surface area contributed by atoms with Crippen LogP contribution in [-0.4, -0.2) is 50.8 Å². The minimum Gasteiger partial charge on any atom is -0.464 e.